The van der Waals surface area contributed by atoms with Crippen molar-refractivity contribution in [2.45, 2.75) is 89.4 Å². The average Bonchev–Trinajstić information content (AvgIpc) is 2.33. The fourth-order valence-corrected chi connectivity index (χ4v) is 3.15. The van der Waals surface area contributed by atoms with E-state index in [0.29, 0.717) is 12.8 Å². The predicted molar refractivity (Wildman–Crippen MR) is 78.9 cm³/mol. The minimum atomic E-state index is -4.04. The summed E-state index contributed by atoms with van der Waals surface area (Å²) in [4.78, 5) is 0. The maximum atomic E-state index is 11.3. The molecule has 0 saturated carbocycles. The maximum Gasteiger partial charge on any atom is 0.267 e. The topological polar surface area (TPSA) is 74.6 Å². The number of unbranched alkanes of at least 4 members (excludes halogenated alkanes) is 5. The molecule has 4 nitrogen and oxygen atoms in total. The lowest BCUT2D eigenvalue weighted by atomic mass is 10.0. The Labute approximate surface area is 118 Å². The summed E-state index contributed by atoms with van der Waals surface area (Å²) in [7, 11) is -4.04. The van der Waals surface area contributed by atoms with Gasteiger partial charge in [0.1, 0.15) is 0 Å². The molecular formula is C14H30O4S. The van der Waals surface area contributed by atoms with Crippen molar-refractivity contribution in [2.24, 2.45) is 0 Å². The third kappa shape index (κ3) is 10.3. The van der Waals surface area contributed by atoms with E-state index in [-0.39, 0.29) is 6.42 Å². The van der Waals surface area contributed by atoms with E-state index < -0.39 is 21.5 Å². The molecule has 0 aliphatic heterocycles. The molecule has 0 aromatic rings. The standard InChI is InChI=1S/C14H30O4S/c1-3-5-7-8-9-11-14(19(16,17)18)12-13(15)10-6-4-2/h13-15H,3-12H2,1-2H3,(H,16,17,18). The van der Waals surface area contributed by atoms with Crippen molar-refractivity contribution in [2.75, 3.05) is 0 Å². The molecule has 0 radical (unpaired) electrons. The molecule has 0 aromatic heterocycles. The minimum Gasteiger partial charge on any atom is -0.393 e. The summed E-state index contributed by atoms with van der Waals surface area (Å²) in [5, 5.41) is 8.97. The van der Waals surface area contributed by atoms with E-state index in [2.05, 4.69) is 6.92 Å². The molecule has 0 amide bonds. The summed E-state index contributed by atoms with van der Waals surface area (Å²) < 4.78 is 31.8. The Kier molecular flexibility index (Phi) is 10.6. The summed E-state index contributed by atoms with van der Waals surface area (Å²) >= 11 is 0. The molecule has 0 bridgehead atoms. The summed E-state index contributed by atoms with van der Waals surface area (Å²) in [6, 6.07) is 0. The Balaban J connectivity index is 4.10. The van der Waals surface area contributed by atoms with Crippen LogP contribution in [0.4, 0.5) is 0 Å². The molecular weight excluding hydrogens is 264 g/mol. The van der Waals surface area contributed by atoms with Crippen LogP contribution in [0.5, 0.6) is 0 Å². The van der Waals surface area contributed by atoms with Crippen LogP contribution >= 0.6 is 0 Å². The van der Waals surface area contributed by atoms with Crippen molar-refractivity contribution < 1.29 is 18.1 Å². The van der Waals surface area contributed by atoms with Crippen molar-refractivity contribution in [3.8, 4) is 0 Å². The Bertz CT molecular complexity index is 301. The Morgan fingerprint density at radius 2 is 1.47 bits per heavy atom. The highest BCUT2D eigenvalue weighted by molar-refractivity contribution is 7.86. The minimum absolute atomic E-state index is 0.159. The molecule has 2 unspecified atom stereocenters. The highest BCUT2D eigenvalue weighted by Crippen LogP contribution is 2.19. The Hall–Kier alpha value is -0.130. The molecule has 116 valence electrons. The second-order valence-corrected chi connectivity index (χ2v) is 7.07. The van der Waals surface area contributed by atoms with Gasteiger partial charge in [0.25, 0.3) is 10.1 Å². The van der Waals surface area contributed by atoms with Gasteiger partial charge < -0.3 is 5.11 Å². The molecule has 0 saturated heterocycles. The molecule has 0 aliphatic carbocycles. The van der Waals surface area contributed by atoms with Gasteiger partial charge in [0.2, 0.25) is 0 Å². The highest BCUT2D eigenvalue weighted by atomic mass is 32.2. The van der Waals surface area contributed by atoms with Crippen molar-refractivity contribution in [1.29, 1.82) is 0 Å². The van der Waals surface area contributed by atoms with Crippen LogP contribution in [0, 0.1) is 0 Å². The van der Waals surface area contributed by atoms with E-state index in [1.54, 1.807) is 0 Å². The number of aliphatic hydroxyl groups is 1. The normalized spacial score (nSPS) is 15.4. The van der Waals surface area contributed by atoms with E-state index >= 15 is 0 Å². The zero-order chi connectivity index (χ0) is 14.7. The molecule has 19 heavy (non-hydrogen) atoms. The summed E-state index contributed by atoms with van der Waals surface area (Å²) in [6.45, 7) is 4.16. The molecule has 0 aliphatic rings. The fourth-order valence-electron chi connectivity index (χ4n) is 2.23. The second-order valence-electron chi connectivity index (χ2n) is 5.37. The van der Waals surface area contributed by atoms with E-state index in [4.69, 9.17) is 0 Å². The predicted octanol–water partition coefficient (Wildman–Crippen LogP) is 3.54. The first kappa shape index (κ1) is 18.9. The van der Waals surface area contributed by atoms with Gasteiger partial charge in [0, 0.05) is 0 Å². The van der Waals surface area contributed by atoms with Gasteiger partial charge in [-0.25, -0.2) is 0 Å². The monoisotopic (exact) mass is 294 g/mol. The quantitative estimate of drug-likeness (QED) is 0.426. The molecule has 0 aromatic carbocycles. The molecule has 0 spiro atoms. The van der Waals surface area contributed by atoms with Crippen LogP contribution in [0.1, 0.15) is 78.1 Å². The van der Waals surface area contributed by atoms with Gasteiger partial charge in [-0.05, 0) is 19.3 Å². The third-order valence-electron chi connectivity index (χ3n) is 3.48. The smallest absolute Gasteiger partial charge is 0.267 e. The van der Waals surface area contributed by atoms with Crippen molar-refractivity contribution >= 4 is 10.1 Å². The van der Waals surface area contributed by atoms with E-state index in [0.717, 1.165) is 44.9 Å². The van der Waals surface area contributed by atoms with Crippen molar-refractivity contribution in [1.82, 2.24) is 0 Å². The lowest BCUT2D eigenvalue weighted by Gasteiger charge is -2.17. The first-order chi connectivity index (χ1) is 8.91. The third-order valence-corrected chi connectivity index (χ3v) is 4.75. The molecule has 0 heterocycles. The van der Waals surface area contributed by atoms with Crippen LogP contribution in [-0.4, -0.2) is 29.4 Å². The number of hydrogen-bond donors (Lipinski definition) is 2. The van der Waals surface area contributed by atoms with Gasteiger partial charge in [0.05, 0.1) is 11.4 Å². The number of aliphatic hydroxyl groups excluding tert-OH is 1. The van der Waals surface area contributed by atoms with Crippen LogP contribution < -0.4 is 0 Å². The van der Waals surface area contributed by atoms with Gasteiger partial charge in [0.15, 0.2) is 0 Å². The van der Waals surface area contributed by atoms with Crippen molar-refractivity contribution in [3.05, 3.63) is 0 Å². The molecule has 2 N–H and O–H groups in total. The molecule has 0 fully saturated rings. The van der Waals surface area contributed by atoms with Gasteiger partial charge in [-0.15, -0.1) is 0 Å². The van der Waals surface area contributed by atoms with Crippen LogP contribution in [0.15, 0.2) is 0 Å². The molecule has 0 rings (SSSR count). The van der Waals surface area contributed by atoms with Crippen LogP contribution in [0.2, 0.25) is 0 Å². The Morgan fingerprint density at radius 1 is 0.895 bits per heavy atom. The zero-order valence-electron chi connectivity index (χ0n) is 12.3. The number of rotatable bonds is 12. The highest BCUT2D eigenvalue weighted by Gasteiger charge is 2.25. The van der Waals surface area contributed by atoms with E-state index in [1.807, 2.05) is 6.92 Å². The first-order valence-corrected chi connectivity index (χ1v) is 9.06. The lowest BCUT2D eigenvalue weighted by molar-refractivity contribution is 0.147. The number of hydrogen-bond acceptors (Lipinski definition) is 3. The van der Waals surface area contributed by atoms with Crippen molar-refractivity contribution in [3.63, 3.8) is 0 Å². The van der Waals surface area contributed by atoms with E-state index in [1.165, 1.54) is 0 Å². The summed E-state index contributed by atoms with van der Waals surface area (Å²) in [5.41, 5.74) is 0. The Morgan fingerprint density at radius 3 is 2.00 bits per heavy atom. The fraction of sp³-hybridized carbons (Fsp3) is 1.00. The average molecular weight is 294 g/mol. The lowest BCUT2D eigenvalue weighted by Crippen LogP contribution is -2.26. The van der Waals surface area contributed by atoms with E-state index in [9.17, 15) is 18.1 Å². The molecule has 5 heteroatoms. The maximum absolute atomic E-state index is 11.3. The zero-order valence-corrected chi connectivity index (χ0v) is 13.2. The summed E-state index contributed by atoms with van der Waals surface area (Å²) in [6.07, 6.45) is 7.66. The van der Waals surface area contributed by atoms with Gasteiger partial charge in [-0.3, -0.25) is 4.55 Å². The first-order valence-electron chi connectivity index (χ1n) is 7.56. The summed E-state index contributed by atoms with van der Waals surface area (Å²) in [5.74, 6) is 0. The van der Waals surface area contributed by atoms with Gasteiger partial charge in [-0.2, -0.15) is 8.42 Å². The molecule has 2 atom stereocenters. The van der Waals surface area contributed by atoms with Gasteiger partial charge in [-0.1, -0.05) is 58.8 Å². The van der Waals surface area contributed by atoms with Crippen LogP contribution in [0.25, 0.3) is 0 Å². The second kappa shape index (κ2) is 10.6. The van der Waals surface area contributed by atoms with Crippen LogP contribution in [-0.2, 0) is 10.1 Å². The van der Waals surface area contributed by atoms with Gasteiger partial charge >= 0.3 is 0 Å². The van der Waals surface area contributed by atoms with Crippen LogP contribution in [0.3, 0.4) is 0 Å². The largest absolute Gasteiger partial charge is 0.393 e. The SMILES string of the molecule is CCCCCCCC(CC(O)CCCC)S(=O)(=O)O.